The number of aryl methyl sites for hydroxylation is 1. The van der Waals surface area contributed by atoms with Gasteiger partial charge in [-0.05, 0) is 44.2 Å². The summed E-state index contributed by atoms with van der Waals surface area (Å²) in [5.41, 5.74) is 1.39. The zero-order valence-electron chi connectivity index (χ0n) is 12.6. The van der Waals surface area contributed by atoms with Crippen molar-refractivity contribution in [2.45, 2.75) is 71.4 Å². The predicted molar refractivity (Wildman–Crippen MR) is 80.3 cm³/mol. The van der Waals surface area contributed by atoms with Gasteiger partial charge in [0.1, 0.15) is 0 Å². The highest BCUT2D eigenvalue weighted by molar-refractivity contribution is 5.07. The van der Waals surface area contributed by atoms with Crippen LogP contribution in [0.3, 0.4) is 0 Å². The highest BCUT2D eigenvalue weighted by Crippen LogP contribution is 2.27. The van der Waals surface area contributed by atoms with E-state index >= 15 is 0 Å². The van der Waals surface area contributed by atoms with E-state index in [2.05, 4.69) is 30.5 Å². The summed E-state index contributed by atoms with van der Waals surface area (Å²) >= 11 is 0. The Labute approximate surface area is 117 Å². The van der Waals surface area contributed by atoms with Crippen molar-refractivity contribution >= 4 is 0 Å². The lowest BCUT2D eigenvalue weighted by atomic mass is 9.88. The van der Waals surface area contributed by atoms with Gasteiger partial charge in [0.25, 0.3) is 0 Å². The number of nitrogens with one attached hydrogen (secondary N) is 1. The molecule has 3 nitrogen and oxygen atoms in total. The van der Waals surface area contributed by atoms with Gasteiger partial charge in [-0.1, -0.05) is 32.6 Å². The molecule has 2 rings (SSSR count). The van der Waals surface area contributed by atoms with Gasteiger partial charge in [-0.15, -0.1) is 0 Å². The zero-order chi connectivity index (χ0) is 13.5. The van der Waals surface area contributed by atoms with Gasteiger partial charge in [0, 0.05) is 18.8 Å². The van der Waals surface area contributed by atoms with Crippen LogP contribution in [0.25, 0.3) is 0 Å². The lowest BCUT2D eigenvalue weighted by Gasteiger charge is -2.26. The molecule has 0 spiro atoms. The van der Waals surface area contributed by atoms with E-state index in [1.165, 1.54) is 44.1 Å². The summed E-state index contributed by atoms with van der Waals surface area (Å²) in [5, 5.41) is 8.12. The summed E-state index contributed by atoms with van der Waals surface area (Å²) in [6, 6.07) is 0.637. The average Bonchev–Trinajstić information content (AvgIpc) is 2.71. The number of nitrogens with zero attached hydrogens (tertiary/aromatic N) is 2. The van der Waals surface area contributed by atoms with Gasteiger partial charge in [0.15, 0.2) is 0 Å². The Morgan fingerprint density at radius 2 is 2.00 bits per heavy atom. The molecule has 108 valence electrons. The minimum absolute atomic E-state index is 0.637. The van der Waals surface area contributed by atoms with Gasteiger partial charge >= 0.3 is 0 Å². The SMILES string of the molecule is CCNC(Cc1cnn(CC)c1)C1CCCCCC1. The first-order valence-corrected chi connectivity index (χ1v) is 8.08. The molecule has 0 amide bonds. The van der Waals surface area contributed by atoms with Crippen LogP contribution in [0.5, 0.6) is 0 Å². The van der Waals surface area contributed by atoms with Gasteiger partial charge in [-0.3, -0.25) is 4.68 Å². The number of likely N-dealkylation sites (N-methyl/N-ethyl adjacent to an activating group) is 1. The molecule has 3 heteroatoms. The Balaban J connectivity index is 1.97. The number of rotatable bonds is 6. The monoisotopic (exact) mass is 263 g/mol. The van der Waals surface area contributed by atoms with E-state index in [1.54, 1.807) is 0 Å². The molecule has 1 saturated carbocycles. The molecule has 0 bridgehead atoms. The van der Waals surface area contributed by atoms with Crippen molar-refractivity contribution in [3.05, 3.63) is 18.0 Å². The predicted octanol–water partition coefficient (Wildman–Crippen LogP) is 3.39. The van der Waals surface area contributed by atoms with Gasteiger partial charge in [0.2, 0.25) is 0 Å². The highest BCUT2D eigenvalue weighted by Gasteiger charge is 2.22. The third kappa shape index (κ3) is 4.34. The van der Waals surface area contributed by atoms with Crippen LogP contribution >= 0.6 is 0 Å². The van der Waals surface area contributed by atoms with Crippen LogP contribution in [-0.4, -0.2) is 22.4 Å². The highest BCUT2D eigenvalue weighted by atomic mass is 15.3. The molecule has 19 heavy (non-hydrogen) atoms. The van der Waals surface area contributed by atoms with Crippen molar-refractivity contribution in [1.82, 2.24) is 15.1 Å². The van der Waals surface area contributed by atoms with Crippen LogP contribution in [0.1, 0.15) is 57.9 Å². The summed E-state index contributed by atoms with van der Waals surface area (Å²) in [5.74, 6) is 0.854. The first-order valence-electron chi connectivity index (χ1n) is 8.08. The lowest BCUT2D eigenvalue weighted by Crippen LogP contribution is -2.37. The van der Waals surface area contributed by atoms with Crippen LogP contribution in [0.15, 0.2) is 12.4 Å². The van der Waals surface area contributed by atoms with Crippen LogP contribution in [0.4, 0.5) is 0 Å². The van der Waals surface area contributed by atoms with Crippen molar-refractivity contribution in [2.75, 3.05) is 6.54 Å². The van der Waals surface area contributed by atoms with Crippen molar-refractivity contribution in [3.63, 3.8) is 0 Å². The molecule has 1 atom stereocenters. The first-order chi connectivity index (χ1) is 9.33. The summed E-state index contributed by atoms with van der Waals surface area (Å²) in [6.07, 6.45) is 13.9. The summed E-state index contributed by atoms with van der Waals surface area (Å²) in [4.78, 5) is 0. The van der Waals surface area contributed by atoms with E-state index in [1.807, 2.05) is 10.9 Å². The lowest BCUT2D eigenvalue weighted by molar-refractivity contribution is 0.321. The van der Waals surface area contributed by atoms with Crippen LogP contribution < -0.4 is 5.32 Å². The zero-order valence-corrected chi connectivity index (χ0v) is 12.6. The first kappa shape index (κ1) is 14.6. The van der Waals surface area contributed by atoms with Crippen LogP contribution in [-0.2, 0) is 13.0 Å². The molecule has 0 radical (unpaired) electrons. The Morgan fingerprint density at radius 1 is 1.26 bits per heavy atom. The van der Waals surface area contributed by atoms with E-state index < -0.39 is 0 Å². The van der Waals surface area contributed by atoms with Crippen molar-refractivity contribution in [3.8, 4) is 0 Å². The molecule has 1 aromatic rings. The normalized spacial score (nSPS) is 19.3. The number of hydrogen-bond acceptors (Lipinski definition) is 2. The Morgan fingerprint density at radius 3 is 2.58 bits per heavy atom. The molecule has 1 aliphatic carbocycles. The second-order valence-corrected chi connectivity index (χ2v) is 5.82. The van der Waals surface area contributed by atoms with E-state index in [0.717, 1.165) is 25.4 Å². The molecule has 0 aromatic carbocycles. The third-order valence-corrected chi connectivity index (χ3v) is 4.40. The molecule has 1 unspecified atom stereocenters. The Bertz CT molecular complexity index is 351. The van der Waals surface area contributed by atoms with Crippen molar-refractivity contribution in [1.29, 1.82) is 0 Å². The fraction of sp³-hybridized carbons (Fsp3) is 0.812. The molecular formula is C16H29N3. The van der Waals surface area contributed by atoms with Gasteiger partial charge in [-0.25, -0.2) is 0 Å². The minimum Gasteiger partial charge on any atom is -0.314 e. The van der Waals surface area contributed by atoms with Gasteiger partial charge in [-0.2, -0.15) is 5.10 Å². The van der Waals surface area contributed by atoms with Crippen molar-refractivity contribution < 1.29 is 0 Å². The van der Waals surface area contributed by atoms with E-state index in [4.69, 9.17) is 0 Å². The fourth-order valence-corrected chi connectivity index (χ4v) is 3.32. The topological polar surface area (TPSA) is 29.9 Å². The number of aromatic nitrogens is 2. The molecular weight excluding hydrogens is 234 g/mol. The van der Waals surface area contributed by atoms with E-state index in [9.17, 15) is 0 Å². The van der Waals surface area contributed by atoms with E-state index in [-0.39, 0.29) is 0 Å². The second-order valence-electron chi connectivity index (χ2n) is 5.82. The van der Waals surface area contributed by atoms with E-state index in [0.29, 0.717) is 6.04 Å². The largest absolute Gasteiger partial charge is 0.314 e. The maximum atomic E-state index is 4.40. The molecule has 1 heterocycles. The summed E-state index contributed by atoms with van der Waals surface area (Å²) in [6.45, 7) is 6.40. The summed E-state index contributed by atoms with van der Waals surface area (Å²) < 4.78 is 2.03. The summed E-state index contributed by atoms with van der Waals surface area (Å²) in [7, 11) is 0. The van der Waals surface area contributed by atoms with Gasteiger partial charge in [0.05, 0.1) is 6.20 Å². The quantitative estimate of drug-likeness (QED) is 0.797. The third-order valence-electron chi connectivity index (χ3n) is 4.40. The molecule has 0 aliphatic heterocycles. The minimum atomic E-state index is 0.637. The van der Waals surface area contributed by atoms with Crippen molar-refractivity contribution in [2.24, 2.45) is 5.92 Å². The fourth-order valence-electron chi connectivity index (χ4n) is 3.32. The molecule has 1 N–H and O–H groups in total. The maximum Gasteiger partial charge on any atom is 0.0522 e. The maximum absolute atomic E-state index is 4.40. The van der Waals surface area contributed by atoms with Gasteiger partial charge < -0.3 is 5.32 Å². The Kier molecular flexibility index (Phi) is 5.90. The number of hydrogen-bond donors (Lipinski definition) is 1. The molecule has 1 aromatic heterocycles. The van der Waals surface area contributed by atoms with Crippen LogP contribution in [0.2, 0.25) is 0 Å². The van der Waals surface area contributed by atoms with Crippen LogP contribution in [0, 0.1) is 5.92 Å². The Hall–Kier alpha value is -0.830. The standard InChI is InChI=1S/C16H29N3/c1-3-17-16(15-9-7-5-6-8-10-15)11-14-12-18-19(4-2)13-14/h12-13,15-17H,3-11H2,1-2H3. The average molecular weight is 263 g/mol. The second kappa shape index (κ2) is 7.68. The molecule has 1 fully saturated rings. The molecule has 0 saturated heterocycles. The smallest absolute Gasteiger partial charge is 0.0522 e. The molecule has 1 aliphatic rings.